The van der Waals surface area contributed by atoms with Crippen LogP contribution < -0.4 is 0 Å². The van der Waals surface area contributed by atoms with Crippen molar-refractivity contribution in [3.8, 4) is 11.3 Å². The summed E-state index contributed by atoms with van der Waals surface area (Å²) in [5.41, 5.74) is 3.27. The molecule has 2 saturated heterocycles. The molecule has 4 aliphatic rings. The SMILES string of the molecule is O=C1c2ccccc2C(=O)C12[C@H](c1ccc([N+](=O)[O-])cc1)[C@H]1CCCN1[C@]21c2ccccc2-c2nc3ccccc3nc21. The van der Waals surface area contributed by atoms with Crippen LogP contribution in [0.2, 0.25) is 0 Å². The van der Waals surface area contributed by atoms with E-state index in [1.807, 2.05) is 48.5 Å². The van der Waals surface area contributed by atoms with Crippen LogP contribution in [0.25, 0.3) is 22.3 Å². The Morgan fingerprint density at radius 2 is 1.37 bits per heavy atom. The average molecular weight is 565 g/mol. The molecule has 0 bridgehead atoms. The van der Waals surface area contributed by atoms with E-state index in [1.165, 1.54) is 12.1 Å². The van der Waals surface area contributed by atoms with Crippen LogP contribution in [-0.4, -0.2) is 43.9 Å². The van der Waals surface area contributed by atoms with Crippen molar-refractivity contribution in [3.63, 3.8) is 0 Å². The highest BCUT2D eigenvalue weighted by Crippen LogP contribution is 2.73. The molecule has 2 spiro atoms. The van der Waals surface area contributed by atoms with E-state index in [0.717, 1.165) is 35.0 Å². The molecule has 8 nitrogen and oxygen atoms in total. The number of ketones is 2. The summed E-state index contributed by atoms with van der Waals surface area (Å²) in [4.78, 5) is 54.4. The number of non-ortho nitro benzene ring substituents is 1. The first-order valence-electron chi connectivity index (χ1n) is 14.6. The molecule has 0 radical (unpaired) electrons. The number of carbonyl (C=O) groups is 2. The summed E-state index contributed by atoms with van der Waals surface area (Å²) in [7, 11) is 0. The number of Topliss-reactive ketones (excluding diaryl/α,β-unsaturated/α-hetero) is 2. The third-order valence-corrected chi connectivity index (χ3v) is 10.2. The molecule has 9 rings (SSSR count). The number of aromatic nitrogens is 2. The maximum absolute atomic E-state index is 15.3. The molecule has 0 unspecified atom stereocenters. The molecule has 3 heterocycles. The lowest BCUT2D eigenvalue weighted by atomic mass is 9.56. The van der Waals surface area contributed by atoms with Crippen molar-refractivity contribution in [2.75, 3.05) is 6.54 Å². The number of nitrogens with zero attached hydrogens (tertiary/aromatic N) is 4. The summed E-state index contributed by atoms with van der Waals surface area (Å²) >= 11 is 0. The lowest BCUT2D eigenvalue weighted by molar-refractivity contribution is -0.384. The van der Waals surface area contributed by atoms with Gasteiger partial charge in [0.1, 0.15) is 11.0 Å². The van der Waals surface area contributed by atoms with Crippen LogP contribution in [-0.2, 0) is 5.54 Å². The fraction of sp³-hybridized carbons (Fsp3) is 0.200. The first-order valence-corrected chi connectivity index (χ1v) is 14.6. The van der Waals surface area contributed by atoms with E-state index < -0.39 is 21.8 Å². The van der Waals surface area contributed by atoms with Gasteiger partial charge in [0.05, 0.1) is 27.3 Å². The third-order valence-electron chi connectivity index (χ3n) is 10.2. The lowest BCUT2D eigenvalue weighted by Crippen LogP contribution is -2.57. The van der Waals surface area contributed by atoms with Gasteiger partial charge in [-0.05, 0) is 42.6 Å². The molecule has 0 saturated carbocycles. The maximum Gasteiger partial charge on any atom is 0.269 e. The Balaban J connectivity index is 1.45. The standard InChI is InChI=1S/C35H24N4O4/c40-32-22-8-1-2-9-23(22)33(41)34(32)29(20-15-17-21(18-16-20)39(42)43)28-14-7-19-38(28)35(34)25-11-4-3-10-24(25)30-31(35)37-27-13-6-5-12-26(27)36-30/h1-6,8-13,15-18,28-29H,7,14,19H2/t28-,29-,35+/m1/s1. The van der Waals surface area contributed by atoms with Crippen molar-refractivity contribution in [2.24, 2.45) is 5.41 Å². The Hall–Kier alpha value is -5.08. The molecule has 2 fully saturated rings. The van der Waals surface area contributed by atoms with Gasteiger partial charge < -0.3 is 0 Å². The Labute approximate surface area is 246 Å². The summed E-state index contributed by atoms with van der Waals surface area (Å²) < 4.78 is 0. The number of para-hydroxylation sites is 2. The van der Waals surface area contributed by atoms with Gasteiger partial charge in [-0.2, -0.15) is 0 Å². The zero-order valence-electron chi connectivity index (χ0n) is 22.9. The second kappa shape index (κ2) is 8.26. The quantitative estimate of drug-likeness (QED) is 0.145. The predicted molar refractivity (Wildman–Crippen MR) is 159 cm³/mol. The second-order valence-electron chi connectivity index (χ2n) is 11.9. The second-order valence-corrected chi connectivity index (χ2v) is 11.9. The predicted octanol–water partition coefficient (Wildman–Crippen LogP) is 6.09. The lowest BCUT2D eigenvalue weighted by Gasteiger charge is -2.45. The van der Waals surface area contributed by atoms with Crippen LogP contribution in [0.1, 0.15) is 56.3 Å². The third kappa shape index (κ3) is 2.71. The Morgan fingerprint density at radius 1 is 0.767 bits per heavy atom. The number of rotatable bonds is 2. The minimum atomic E-state index is -1.59. The van der Waals surface area contributed by atoms with Crippen LogP contribution in [0, 0.1) is 15.5 Å². The molecule has 0 N–H and O–H groups in total. The van der Waals surface area contributed by atoms with E-state index in [1.54, 1.807) is 36.4 Å². The van der Waals surface area contributed by atoms with Gasteiger partial charge >= 0.3 is 0 Å². The number of nitro groups is 1. The van der Waals surface area contributed by atoms with Crippen molar-refractivity contribution in [1.82, 2.24) is 14.9 Å². The molecule has 2 aliphatic heterocycles. The van der Waals surface area contributed by atoms with Crippen molar-refractivity contribution < 1.29 is 14.5 Å². The highest BCUT2D eigenvalue weighted by Gasteiger charge is 2.80. The number of nitro benzene ring substituents is 1. The number of hydrogen-bond acceptors (Lipinski definition) is 7. The van der Waals surface area contributed by atoms with Gasteiger partial charge in [0, 0.05) is 40.8 Å². The molecular formula is C35H24N4O4. The first kappa shape index (κ1) is 24.5. The number of carbonyl (C=O) groups excluding carboxylic acids is 2. The van der Waals surface area contributed by atoms with E-state index in [2.05, 4.69) is 4.90 Å². The summed E-state index contributed by atoms with van der Waals surface area (Å²) in [6.07, 6.45) is 1.67. The minimum Gasteiger partial charge on any atom is -0.293 e. The van der Waals surface area contributed by atoms with Crippen molar-refractivity contribution in [3.05, 3.63) is 135 Å². The van der Waals surface area contributed by atoms with E-state index in [4.69, 9.17) is 9.97 Å². The zero-order valence-corrected chi connectivity index (χ0v) is 22.9. The fourth-order valence-electron chi connectivity index (χ4n) is 8.85. The van der Waals surface area contributed by atoms with Gasteiger partial charge in [-0.15, -0.1) is 0 Å². The number of fused-ring (bicyclic) bond motifs is 10. The number of hydrogen-bond donors (Lipinski definition) is 0. The summed E-state index contributed by atoms with van der Waals surface area (Å²) in [5.74, 6) is -0.998. The van der Waals surface area contributed by atoms with Crippen LogP contribution in [0.3, 0.4) is 0 Å². The number of benzene rings is 4. The largest absolute Gasteiger partial charge is 0.293 e. The molecular weight excluding hydrogens is 540 g/mol. The maximum atomic E-state index is 15.3. The summed E-state index contributed by atoms with van der Waals surface area (Å²) in [6.45, 7) is 0.676. The zero-order chi connectivity index (χ0) is 29.1. The van der Waals surface area contributed by atoms with Gasteiger partial charge in [-0.1, -0.05) is 72.8 Å². The van der Waals surface area contributed by atoms with Crippen molar-refractivity contribution in [1.29, 1.82) is 0 Å². The Kier molecular flexibility index (Phi) is 4.71. The van der Waals surface area contributed by atoms with Gasteiger partial charge in [0.2, 0.25) is 0 Å². The molecule has 2 aliphatic carbocycles. The monoisotopic (exact) mass is 564 g/mol. The molecule has 1 aromatic heterocycles. The Morgan fingerprint density at radius 3 is 2.05 bits per heavy atom. The van der Waals surface area contributed by atoms with E-state index in [0.29, 0.717) is 34.6 Å². The van der Waals surface area contributed by atoms with E-state index in [9.17, 15) is 10.1 Å². The van der Waals surface area contributed by atoms with Crippen LogP contribution in [0.15, 0.2) is 97.1 Å². The molecule has 5 aromatic rings. The van der Waals surface area contributed by atoms with Crippen LogP contribution in [0.4, 0.5) is 5.69 Å². The van der Waals surface area contributed by atoms with E-state index >= 15 is 9.59 Å². The van der Waals surface area contributed by atoms with Gasteiger partial charge in [-0.25, -0.2) is 9.97 Å². The summed E-state index contributed by atoms with van der Waals surface area (Å²) in [5, 5.41) is 11.6. The topological polar surface area (TPSA) is 106 Å². The normalized spacial score (nSPS) is 24.5. The molecule has 43 heavy (non-hydrogen) atoms. The smallest absolute Gasteiger partial charge is 0.269 e. The molecule has 8 heteroatoms. The van der Waals surface area contributed by atoms with Gasteiger partial charge in [0.25, 0.3) is 5.69 Å². The van der Waals surface area contributed by atoms with E-state index in [-0.39, 0.29) is 23.3 Å². The van der Waals surface area contributed by atoms with Gasteiger partial charge in [0.15, 0.2) is 11.6 Å². The molecule has 3 atom stereocenters. The molecule has 0 amide bonds. The average Bonchev–Trinajstić information content (AvgIpc) is 3.75. The Bertz CT molecular complexity index is 2040. The molecule has 208 valence electrons. The molecule has 4 aromatic carbocycles. The van der Waals surface area contributed by atoms with Crippen LogP contribution >= 0.6 is 0 Å². The first-order chi connectivity index (χ1) is 21.0. The fourth-order valence-corrected chi connectivity index (χ4v) is 8.85. The highest BCUT2D eigenvalue weighted by atomic mass is 16.6. The van der Waals surface area contributed by atoms with Crippen LogP contribution in [0.5, 0.6) is 0 Å². The summed E-state index contributed by atoms with van der Waals surface area (Å²) in [6, 6.07) is 29.0. The minimum absolute atomic E-state index is 0.0324. The van der Waals surface area contributed by atoms with Gasteiger partial charge in [-0.3, -0.25) is 24.6 Å². The van der Waals surface area contributed by atoms with Crippen molar-refractivity contribution >= 4 is 28.3 Å². The van der Waals surface area contributed by atoms with Crippen molar-refractivity contribution in [2.45, 2.75) is 30.3 Å². The highest BCUT2D eigenvalue weighted by molar-refractivity contribution is 6.32.